The lowest BCUT2D eigenvalue weighted by Gasteiger charge is -2.33. The fourth-order valence-corrected chi connectivity index (χ4v) is 4.39. The van der Waals surface area contributed by atoms with E-state index in [4.69, 9.17) is 16.3 Å². The summed E-state index contributed by atoms with van der Waals surface area (Å²) in [6.07, 6.45) is 0.731. The number of fused-ring (bicyclic) bond motifs is 1. The smallest absolute Gasteiger partial charge is 0.240 e. The number of carbonyl (C=O) groups is 1. The molecular weight excluding hydrogens is 410 g/mol. The number of methoxy groups -OCH3 is 1. The number of nitrogens with zero attached hydrogens (tertiary/aromatic N) is 3. The first kappa shape index (κ1) is 19.6. The number of nitrogens with one attached hydrogen (secondary N) is 2. The number of benzene rings is 2. The molecule has 0 saturated heterocycles. The van der Waals surface area contributed by atoms with Gasteiger partial charge in [0.05, 0.1) is 13.2 Å². The molecule has 0 unspecified atom stereocenters. The van der Waals surface area contributed by atoms with Crippen molar-refractivity contribution >= 4 is 35.0 Å². The summed E-state index contributed by atoms with van der Waals surface area (Å²) >= 11 is 7.44. The molecule has 0 bridgehead atoms. The monoisotopic (exact) mass is 429 g/mol. The van der Waals surface area contributed by atoms with Crippen LogP contribution in [0.2, 0.25) is 5.02 Å². The highest BCUT2D eigenvalue weighted by atomic mass is 35.5. The van der Waals surface area contributed by atoms with Gasteiger partial charge in [-0.05, 0) is 29.8 Å². The number of rotatable bonds is 5. The minimum atomic E-state index is -0.455. The van der Waals surface area contributed by atoms with Gasteiger partial charge in [0.1, 0.15) is 11.0 Å². The average Bonchev–Trinajstić information content (AvgIpc) is 3.15. The first-order valence-electron chi connectivity index (χ1n) is 9.17. The highest BCUT2D eigenvalue weighted by Crippen LogP contribution is 2.38. The van der Waals surface area contributed by atoms with Crippen molar-refractivity contribution < 1.29 is 9.53 Å². The van der Waals surface area contributed by atoms with E-state index in [1.54, 1.807) is 13.2 Å². The summed E-state index contributed by atoms with van der Waals surface area (Å²) in [6.45, 7) is 2.02. The molecule has 0 fully saturated rings. The van der Waals surface area contributed by atoms with Crippen molar-refractivity contribution in [3.8, 4) is 5.75 Å². The molecule has 0 aliphatic carbocycles. The molecule has 1 amide bonds. The average molecular weight is 430 g/mol. The van der Waals surface area contributed by atoms with Crippen LogP contribution in [0.25, 0.3) is 0 Å². The molecule has 9 heteroatoms. The summed E-state index contributed by atoms with van der Waals surface area (Å²) in [5.41, 5.74) is 5.04. The Bertz CT molecular complexity index is 1020. The molecule has 29 heavy (non-hydrogen) atoms. The Morgan fingerprint density at radius 3 is 2.79 bits per heavy atom. The lowest BCUT2D eigenvalue weighted by molar-refractivity contribution is -0.116. The fourth-order valence-electron chi connectivity index (χ4n) is 3.16. The Morgan fingerprint density at radius 1 is 1.28 bits per heavy atom. The number of thioether (sulfide) groups is 1. The van der Waals surface area contributed by atoms with Crippen molar-refractivity contribution in [1.29, 1.82) is 0 Å². The lowest BCUT2D eigenvalue weighted by Crippen LogP contribution is -2.41. The van der Waals surface area contributed by atoms with Crippen molar-refractivity contribution in [2.75, 3.05) is 17.9 Å². The summed E-state index contributed by atoms with van der Waals surface area (Å²) in [5, 5.41) is 12.3. The maximum atomic E-state index is 13.2. The van der Waals surface area contributed by atoms with Crippen LogP contribution < -0.4 is 15.5 Å². The minimum absolute atomic E-state index is 0.136. The first-order valence-corrected chi connectivity index (χ1v) is 10.4. The Hall–Kier alpha value is -2.71. The molecule has 2 atom stereocenters. The van der Waals surface area contributed by atoms with E-state index in [9.17, 15) is 4.79 Å². The Morgan fingerprint density at radius 2 is 2.07 bits per heavy atom. The Balaban J connectivity index is 1.65. The van der Waals surface area contributed by atoms with Crippen LogP contribution in [-0.4, -0.2) is 33.1 Å². The topological polar surface area (TPSA) is 81.1 Å². The van der Waals surface area contributed by atoms with Crippen molar-refractivity contribution in [2.24, 2.45) is 0 Å². The van der Waals surface area contributed by atoms with E-state index in [1.807, 2.05) is 54.1 Å². The van der Waals surface area contributed by atoms with Gasteiger partial charge in [0.2, 0.25) is 11.1 Å². The van der Waals surface area contributed by atoms with E-state index in [0.717, 1.165) is 17.8 Å². The zero-order chi connectivity index (χ0) is 20.4. The SMILES string of the molecule is CCc1nnc2n1N[C@H](c1ccc(Cl)cc1)[C@@H](C(=O)Nc1cccc(OC)c1)S2. The van der Waals surface area contributed by atoms with E-state index in [0.29, 0.717) is 21.6 Å². The number of anilines is 1. The van der Waals surface area contributed by atoms with Gasteiger partial charge in [-0.1, -0.05) is 48.5 Å². The largest absolute Gasteiger partial charge is 0.497 e. The van der Waals surface area contributed by atoms with Gasteiger partial charge in [-0.3, -0.25) is 4.79 Å². The third kappa shape index (κ3) is 4.04. The van der Waals surface area contributed by atoms with E-state index < -0.39 is 5.25 Å². The molecule has 2 N–H and O–H groups in total. The van der Waals surface area contributed by atoms with Crippen LogP contribution in [0.3, 0.4) is 0 Å². The van der Waals surface area contributed by atoms with Crippen molar-refractivity contribution in [2.45, 2.75) is 29.8 Å². The number of hydrogen-bond acceptors (Lipinski definition) is 6. The van der Waals surface area contributed by atoms with Crippen LogP contribution >= 0.6 is 23.4 Å². The second-order valence-corrected chi connectivity index (χ2v) is 8.05. The molecule has 1 aromatic heterocycles. The number of carbonyl (C=O) groups excluding carboxylic acids is 1. The molecule has 2 heterocycles. The summed E-state index contributed by atoms with van der Waals surface area (Å²) in [4.78, 5) is 13.2. The molecule has 0 spiro atoms. The van der Waals surface area contributed by atoms with Crippen molar-refractivity contribution in [3.63, 3.8) is 0 Å². The number of aromatic nitrogens is 3. The molecule has 4 rings (SSSR count). The first-order chi connectivity index (χ1) is 14.1. The van der Waals surface area contributed by atoms with Crippen molar-refractivity contribution in [3.05, 3.63) is 64.9 Å². The van der Waals surface area contributed by atoms with E-state index >= 15 is 0 Å². The summed E-state index contributed by atoms with van der Waals surface area (Å²) in [6, 6.07) is 14.5. The van der Waals surface area contributed by atoms with Gasteiger partial charge in [0, 0.05) is 23.2 Å². The molecular formula is C20H20ClN5O2S. The molecule has 1 aliphatic heterocycles. The quantitative estimate of drug-likeness (QED) is 0.640. The molecule has 0 radical (unpaired) electrons. The van der Waals surface area contributed by atoms with E-state index in [2.05, 4.69) is 20.9 Å². The number of ether oxygens (including phenoxy) is 1. The normalized spacial score (nSPS) is 17.9. The van der Waals surface area contributed by atoms with Crippen LogP contribution in [0.15, 0.2) is 53.7 Å². The maximum Gasteiger partial charge on any atom is 0.240 e. The Labute approximate surface area is 177 Å². The Kier molecular flexibility index (Phi) is 5.64. The number of amides is 1. The summed E-state index contributed by atoms with van der Waals surface area (Å²) in [7, 11) is 1.59. The van der Waals surface area contributed by atoms with Gasteiger partial charge in [-0.25, -0.2) is 4.68 Å². The van der Waals surface area contributed by atoms with Gasteiger partial charge in [-0.2, -0.15) is 0 Å². The summed E-state index contributed by atoms with van der Waals surface area (Å²) < 4.78 is 7.10. The third-order valence-corrected chi connectivity index (χ3v) is 6.11. The minimum Gasteiger partial charge on any atom is -0.497 e. The molecule has 2 aromatic carbocycles. The van der Waals surface area contributed by atoms with Gasteiger partial charge < -0.3 is 15.5 Å². The second-order valence-electron chi connectivity index (χ2n) is 6.51. The highest BCUT2D eigenvalue weighted by molar-refractivity contribution is 8.00. The van der Waals surface area contributed by atoms with Gasteiger partial charge in [-0.15, -0.1) is 10.2 Å². The predicted octanol–water partition coefficient (Wildman–Crippen LogP) is 3.90. The van der Waals surface area contributed by atoms with Gasteiger partial charge >= 0.3 is 0 Å². The van der Waals surface area contributed by atoms with Crippen LogP contribution in [0.5, 0.6) is 5.75 Å². The van der Waals surface area contributed by atoms with E-state index in [-0.39, 0.29) is 11.9 Å². The van der Waals surface area contributed by atoms with Crippen molar-refractivity contribution in [1.82, 2.24) is 14.9 Å². The molecule has 1 aliphatic rings. The highest BCUT2D eigenvalue weighted by Gasteiger charge is 2.37. The van der Waals surface area contributed by atoms with E-state index in [1.165, 1.54) is 11.8 Å². The predicted molar refractivity (Wildman–Crippen MR) is 114 cm³/mol. The lowest BCUT2D eigenvalue weighted by atomic mass is 10.0. The van der Waals surface area contributed by atoms with Crippen LogP contribution in [0.1, 0.15) is 24.4 Å². The number of aryl methyl sites for hydroxylation is 1. The van der Waals surface area contributed by atoms with Crippen LogP contribution in [0.4, 0.5) is 5.69 Å². The molecule has 0 saturated carbocycles. The standard InChI is InChI=1S/C20H20ClN5O2S/c1-3-16-23-24-20-26(16)25-17(12-7-9-13(21)10-8-12)18(29-20)19(27)22-14-5-4-6-15(11-14)28-2/h4-11,17-18,25H,3H2,1-2H3,(H,22,27)/t17-,18+/m1/s1. The fraction of sp³-hybridized carbons (Fsp3) is 0.250. The molecule has 150 valence electrons. The van der Waals surface area contributed by atoms with Crippen LogP contribution in [-0.2, 0) is 11.2 Å². The van der Waals surface area contributed by atoms with Gasteiger partial charge in [0.15, 0.2) is 5.82 Å². The number of halogens is 1. The zero-order valence-electron chi connectivity index (χ0n) is 15.9. The second kappa shape index (κ2) is 8.34. The van der Waals surface area contributed by atoms with Gasteiger partial charge in [0.25, 0.3) is 0 Å². The third-order valence-electron chi connectivity index (χ3n) is 4.64. The zero-order valence-corrected chi connectivity index (χ0v) is 17.5. The summed E-state index contributed by atoms with van der Waals surface area (Å²) in [5.74, 6) is 1.36. The number of hydrogen-bond donors (Lipinski definition) is 2. The molecule has 7 nitrogen and oxygen atoms in total. The van der Waals surface area contributed by atoms with Crippen LogP contribution in [0, 0.1) is 0 Å². The molecule has 3 aromatic rings. The maximum absolute atomic E-state index is 13.2.